The lowest BCUT2D eigenvalue weighted by atomic mass is 9.95. The van der Waals surface area contributed by atoms with Crippen molar-refractivity contribution in [2.45, 2.75) is 19.3 Å². The summed E-state index contributed by atoms with van der Waals surface area (Å²) >= 11 is 0. The molecule has 4 rings (SSSR count). The summed E-state index contributed by atoms with van der Waals surface area (Å²) in [7, 11) is 0. The molecule has 2 saturated heterocycles. The normalized spacial score (nSPS) is 18.2. The average Bonchev–Trinajstić information content (AvgIpc) is 2.87. The van der Waals surface area contributed by atoms with Gasteiger partial charge in [-0.1, -0.05) is 60.7 Å². The number of hydrogen-bond acceptors (Lipinski definition) is 3. The van der Waals surface area contributed by atoms with Gasteiger partial charge in [0.2, 0.25) is 11.8 Å². The zero-order valence-corrected chi connectivity index (χ0v) is 18.7. The van der Waals surface area contributed by atoms with Gasteiger partial charge < -0.3 is 9.80 Å². The third kappa shape index (κ3) is 6.07. The Morgan fingerprint density at radius 1 is 0.781 bits per heavy atom. The van der Waals surface area contributed by atoms with Gasteiger partial charge in [0.1, 0.15) is 0 Å². The summed E-state index contributed by atoms with van der Waals surface area (Å²) in [6.07, 6.45) is 6.08. The van der Waals surface area contributed by atoms with E-state index in [4.69, 9.17) is 0 Å². The quantitative estimate of drug-likeness (QED) is 0.659. The van der Waals surface area contributed by atoms with Gasteiger partial charge in [-0.2, -0.15) is 0 Å². The lowest BCUT2D eigenvalue weighted by Crippen LogP contribution is -2.52. The Morgan fingerprint density at radius 2 is 1.41 bits per heavy atom. The smallest absolute Gasteiger partial charge is 0.246 e. The first kappa shape index (κ1) is 22.3. The molecule has 0 N–H and O–H groups in total. The summed E-state index contributed by atoms with van der Waals surface area (Å²) in [6, 6.07) is 20.4. The minimum absolute atomic E-state index is 0.0341. The van der Waals surface area contributed by atoms with Crippen molar-refractivity contribution >= 4 is 17.9 Å². The Labute approximate surface area is 191 Å². The summed E-state index contributed by atoms with van der Waals surface area (Å²) < 4.78 is 0. The van der Waals surface area contributed by atoms with Gasteiger partial charge in [0, 0.05) is 57.8 Å². The first-order valence-corrected chi connectivity index (χ1v) is 11.8. The van der Waals surface area contributed by atoms with Crippen LogP contribution in [0.2, 0.25) is 0 Å². The minimum Gasteiger partial charge on any atom is -0.340 e. The van der Waals surface area contributed by atoms with Gasteiger partial charge in [0.25, 0.3) is 0 Å². The van der Waals surface area contributed by atoms with Crippen LogP contribution >= 0.6 is 0 Å². The van der Waals surface area contributed by atoms with Crippen molar-refractivity contribution in [3.63, 3.8) is 0 Å². The molecule has 5 heteroatoms. The highest BCUT2D eigenvalue weighted by Crippen LogP contribution is 2.21. The van der Waals surface area contributed by atoms with Crippen LogP contribution in [0.5, 0.6) is 0 Å². The summed E-state index contributed by atoms with van der Waals surface area (Å²) in [5, 5.41) is 0. The molecule has 0 saturated carbocycles. The molecule has 5 nitrogen and oxygen atoms in total. The van der Waals surface area contributed by atoms with Gasteiger partial charge in [-0.05, 0) is 36.5 Å². The standard InChI is InChI=1S/C27H33N3O2/c31-26(12-11-23-7-3-1-4-8-23)29-17-14-25(15-18-29)27(32)30-21-19-28(20-22-30)16-13-24-9-5-2-6-10-24/h1-12,25H,13-22H2. The monoisotopic (exact) mass is 431 g/mol. The van der Waals surface area contributed by atoms with Crippen molar-refractivity contribution in [3.8, 4) is 0 Å². The molecule has 0 spiro atoms. The van der Waals surface area contributed by atoms with Crippen LogP contribution in [0.1, 0.15) is 24.0 Å². The number of nitrogens with zero attached hydrogens (tertiary/aromatic N) is 3. The second-order valence-corrected chi connectivity index (χ2v) is 8.75. The maximum Gasteiger partial charge on any atom is 0.246 e. The molecule has 2 amide bonds. The lowest BCUT2D eigenvalue weighted by Gasteiger charge is -2.38. The number of piperazine rings is 1. The van der Waals surface area contributed by atoms with E-state index in [2.05, 4.69) is 35.2 Å². The fraction of sp³-hybridized carbons (Fsp3) is 0.407. The first-order chi connectivity index (χ1) is 15.7. The molecule has 2 aliphatic heterocycles. The van der Waals surface area contributed by atoms with Crippen LogP contribution in [-0.4, -0.2) is 72.3 Å². The zero-order chi connectivity index (χ0) is 22.2. The van der Waals surface area contributed by atoms with Gasteiger partial charge in [0.05, 0.1) is 0 Å². The lowest BCUT2D eigenvalue weighted by molar-refractivity contribution is -0.140. The highest BCUT2D eigenvalue weighted by Gasteiger charge is 2.31. The molecule has 2 fully saturated rings. The Hall–Kier alpha value is -2.92. The molecule has 168 valence electrons. The van der Waals surface area contributed by atoms with E-state index in [1.807, 2.05) is 46.2 Å². The molecule has 0 aliphatic carbocycles. The molecule has 2 aromatic rings. The van der Waals surface area contributed by atoms with Crippen molar-refractivity contribution in [2.24, 2.45) is 5.92 Å². The average molecular weight is 432 g/mol. The second kappa shape index (κ2) is 11.1. The Kier molecular flexibility index (Phi) is 7.73. The van der Waals surface area contributed by atoms with Gasteiger partial charge >= 0.3 is 0 Å². The number of amides is 2. The topological polar surface area (TPSA) is 43.9 Å². The maximum absolute atomic E-state index is 13.0. The SMILES string of the molecule is O=C(C=Cc1ccccc1)N1CCC(C(=O)N2CCN(CCc3ccccc3)CC2)CC1. The predicted molar refractivity (Wildman–Crippen MR) is 128 cm³/mol. The van der Waals surface area contributed by atoms with Crippen LogP contribution in [0.15, 0.2) is 66.7 Å². The van der Waals surface area contributed by atoms with E-state index < -0.39 is 0 Å². The number of carbonyl (C=O) groups is 2. The van der Waals surface area contributed by atoms with E-state index in [0.29, 0.717) is 13.1 Å². The zero-order valence-electron chi connectivity index (χ0n) is 18.7. The molecule has 2 aliphatic rings. The van der Waals surface area contributed by atoms with Crippen LogP contribution in [0.25, 0.3) is 6.08 Å². The van der Waals surface area contributed by atoms with Crippen molar-refractivity contribution in [2.75, 3.05) is 45.8 Å². The van der Waals surface area contributed by atoms with E-state index in [0.717, 1.165) is 57.5 Å². The summed E-state index contributed by atoms with van der Waals surface area (Å²) in [4.78, 5) is 31.9. The van der Waals surface area contributed by atoms with Gasteiger partial charge in [-0.25, -0.2) is 0 Å². The Bertz CT molecular complexity index is 897. The molecule has 2 heterocycles. The predicted octanol–water partition coefficient (Wildman–Crippen LogP) is 3.33. The van der Waals surface area contributed by atoms with Crippen LogP contribution in [0.4, 0.5) is 0 Å². The van der Waals surface area contributed by atoms with Crippen LogP contribution in [0, 0.1) is 5.92 Å². The number of benzene rings is 2. The number of rotatable bonds is 6. The third-order valence-corrected chi connectivity index (χ3v) is 6.62. The summed E-state index contributed by atoms with van der Waals surface area (Å²) in [5.41, 5.74) is 2.39. The Balaban J connectivity index is 1.18. The second-order valence-electron chi connectivity index (χ2n) is 8.75. The maximum atomic E-state index is 13.0. The van der Waals surface area contributed by atoms with Gasteiger partial charge in [-0.15, -0.1) is 0 Å². The third-order valence-electron chi connectivity index (χ3n) is 6.62. The van der Waals surface area contributed by atoms with E-state index in [1.165, 1.54) is 5.56 Å². The fourth-order valence-corrected chi connectivity index (χ4v) is 4.57. The highest BCUT2D eigenvalue weighted by atomic mass is 16.2. The largest absolute Gasteiger partial charge is 0.340 e. The molecule has 0 radical (unpaired) electrons. The fourth-order valence-electron chi connectivity index (χ4n) is 4.57. The van der Waals surface area contributed by atoms with E-state index >= 15 is 0 Å². The van der Waals surface area contributed by atoms with Crippen molar-refractivity contribution < 1.29 is 9.59 Å². The Morgan fingerprint density at radius 3 is 2.06 bits per heavy atom. The van der Waals surface area contributed by atoms with Crippen molar-refractivity contribution in [3.05, 3.63) is 77.9 Å². The van der Waals surface area contributed by atoms with Gasteiger partial charge in [-0.3, -0.25) is 14.5 Å². The van der Waals surface area contributed by atoms with Gasteiger partial charge in [0.15, 0.2) is 0 Å². The highest BCUT2D eigenvalue weighted by molar-refractivity contribution is 5.92. The number of piperidine rings is 1. The van der Waals surface area contributed by atoms with Crippen molar-refractivity contribution in [1.29, 1.82) is 0 Å². The van der Waals surface area contributed by atoms with Crippen LogP contribution < -0.4 is 0 Å². The van der Waals surface area contributed by atoms with Crippen LogP contribution in [0.3, 0.4) is 0 Å². The molecule has 0 bridgehead atoms. The first-order valence-electron chi connectivity index (χ1n) is 11.8. The molecule has 0 unspecified atom stereocenters. The van der Waals surface area contributed by atoms with E-state index in [-0.39, 0.29) is 17.7 Å². The van der Waals surface area contributed by atoms with E-state index in [9.17, 15) is 9.59 Å². The summed E-state index contributed by atoms with van der Waals surface area (Å²) in [6.45, 7) is 5.87. The van der Waals surface area contributed by atoms with E-state index in [1.54, 1.807) is 6.08 Å². The molecular formula is C27H33N3O2. The molecule has 0 atom stereocenters. The van der Waals surface area contributed by atoms with Crippen molar-refractivity contribution in [1.82, 2.24) is 14.7 Å². The number of hydrogen-bond donors (Lipinski definition) is 0. The minimum atomic E-state index is 0.0341. The number of carbonyl (C=O) groups excluding carboxylic acids is 2. The molecule has 0 aromatic heterocycles. The molecule has 32 heavy (non-hydrogen) atoms. The molecular weight excluding hydrogens is 398 g/mol. The number of likely N-dealkylation sites (tertiary alicyclic amines) is 1. The summed E-state index contributed by atoms with van der Waals surface area (Å²) in [5.74, 6) is 0.361. The van der Waals surface area contributed by atoms with Crippen LogP contribution in [-0.2, 0) is 16.0 Å². The molecule has 2 aromatic carbocycles.